The third kappa shape index (κ3) is 3.58. The number of carbonyl (C=O) groups excluding carboxylic acids is 1. The van der Waals surface area contributed by atoms with Crippen molar-refractivity contribution >= 4 is 16.9 Å². The number of aromatic nitrogens is 5. The Morgan fingerprint density at radius 2 is 1.87 bits per heavy atom. The van der Waals surface area contributed by atoms with Gasteiger partial charge in [-0.25, -0.2) is 9.67 Å². The predicted molar refractivity (Wildman–Crippen MR) is 117 cm³/mol. The van der Waals surface area contributed by atoms with E-state index in [2.05, 4.69) is 15.5 Å². The largest absolute Gasteiger partial charge is 0.344 e. The minimum Gasteiger partial charge on any atom is -0.344 e. The standard InChI is InChI=1S/C23H26N6O/c1-6-29-22-21(16(4)26-29)18(13-20(25-22)17-9-7-14(2)8-10-17)23(30)24-15(3)19-11-12-28(5)27-19/h7-13,15H,6H2,1-5H3,(H,24,30)/t15-/m0/s1. The van der Waals surface area contributed by atoms with Crippen LogP contribution in [0.15, 0.2) is 42.6 Å². The van der Waals surface area contributed by atoms with Gasteiger partial charge in [-0.3, -0.25) is 9.48 Å². The molecular weight excluding hydrogens is 376 g/mol. The van der Waals surface area contributed by atoms with Crippen LogP contribution in [0.3, 0.4) is 0 Å². The number of nitrogens with zero attached hydrogens (tertiary/aromatic N) is 5. The van der Waals surface area contributed by atoms with Crippen molar-refractivity contribution in [3.63, 3.8) is 0 Å². The number of hydrogen-bond donors (Lipinski definition) is 1. The lowest BCUT2D eigenvalue weighted by Crippen LogP contribution is -2.27. The molecule has 0 fully saturated rings. The first-order valence-corrected chi connectivity index (χ1v) is 10.1. The van der Waals surface area contributed by atoms with Gasteiger partial charge < -0.3 is 5.32 Å². The summed E-state index contributed by atoms with van der Waals surface area (Å²) in [5, 5.41) is 12.9. The van der Waals surface area contributed by atoms with E-state index in [0.29, 0.717) is 12.1 Å². The zero-order chi connectivity index (χ0) is 21.4. The second-order valence-electron chi connectivity index (χ2n) is 7.63. The molecule has 30 heavy (non-hydrogen) atoms. The monoisotopic (exact) mass is 402 g/mol. The van der Waals surface area contributed by atoms with E-state index in [4.69, 9.17) is 4.98 Å². The summed E-state index contributed by atoms with van der Waals surface area (Å²) in [5.41, 5.74) is 5.82. The minimum atomic E-state index is -0.216. The minimum absolute atomic E-state index is 0.160. The van der Waals surface area contributed by atoms with Crippen LogP contribution in [-0.2, 0) is 13.6 Å². The van der Waals surface area contributed by atoms with Crippen molar-refractivity contribution in [1.82, 2.24) is 29.9 Å². The molecule has 0 aliphatic rings. The molecule has 4 aromatic rings. The van der Waals surface area contributed by atoms with Gasteiger partial charge in [0.25, 0.3) is 5.91 Å². The van der Waals surface area contributed by atoms with Gasteiger partial charge in [0, 0.05) is 25.4 Å². The number of hydrogen-bond acceptors (Lipinski definition) is 4. The van der Waals surface area contributed by atoms with Crippen molar-refractivity contribution < 1.29 is 4.79 Å². The summed E-state index contributed by atoms with van der Waals surface area (Å²) in [6, 6.07) is 11.7. The molecular formula is C23H26N6O. The Bertz CT molecular complexity index is 1220. The number of carbonyl (C=O) groups is 1. The van der Waals surface area contributed by atoms with Crippen LogP contribution < -0.4 is 5.32 Å². The average molecular weight is 403 g/mol. The highest BCUT2D eigenvalue weighted by Gasteiger charge is 2.21. The quantitative estimate of drug-likeness (QED) is 0.548. The Morgan fingerprint density at radius 1 is 1.13 bits per heavy atom. The van der Waals surface area contributed by atoms with E-state index < -0.39 is 0 Å². The molecule has 7 heteroatoms. The first-order valence-electron chi connectivity index (χ1n) is 10.1. The van der Waals surface area contributed by atoms with Gasteiger partial charge in [0.2, 0.25) is 0 Å². The van der Waals surface area contributed by atoms with Crippen molar-refractivity contribution in [1.29, 1.82) is 0 Å². The molecule has 1 N–H and O–H groups in total. The van der Waals surface area contributed by atoms with E-state index >= 15 is 0 Å². The van der Waals surface area contributed by atoms with E-state index in [9.17, 15) is 4.79 Å². The Kier molecular flexibility index (Phi) is 5.11. The third-order valence-corrected chi connectivity index (χ3v) is 5.29. The van der Waals surface area contributed by atoms with Gasteiger partial charge in [-0.15, -0.1) is 0 Å². The van der Waals surface area contributed by atoms with Crippen LogP contribution in [0.25, 0.3) is 22.3 Å². The lowest BCUT2D eigenvalue weighted by molar-refractivity contribution is 0.0940. The molecule has 4 rings (SSSR count). The summed E-state index contributed by atoms with van der Waals surface area (Å²) in [6.45, 7) is 8.60. The number of pyridine rings is 1. The van der Waals surface area contributed by atoms with Crippen molar-refractivity contribution in [2.24, 2.45) is 7.05 Å². The fourth-order valence-corrected chi connectivity index (χ4v) is 3.64. The number of amides is 1. The van der Waals surface area contributed by atoms with Crippen LogP contribution >= 0.6 is 0 Å². The highest BCUT2D eigenvalue weighted by atomic mass is 16.1. The SMILES string of the molecule is CCn1nc(C)c2c(C(=O)N[C@@H](C)c3ccn(C)n3)cc(-c3ccc(C)cc3)nc21. The first-order chi connectivity index (χ1) is 14.4. The molecule has 0 saturated carbocycles. The zero-order valence-corrected chi connectivity index (χ0v) is 18.0. The Morgan fingerprint density at radius 3 is 2.50 bits per heavy atom. The van der Waals surface area contributed by atoms with Crippen LogP contribution in [0.5, 0.6) is 0 Å². The fraction of sp³-hybridized carbons (Fsp3) is 0.304. The summed E-state index contributed by atoms with van der Waals surface area (Å²) in [5.74, 6) is -0.160. The van der Waals surface area contributed by atoms with E-state index in [1.165, 1.54) is 5.56 Å². The maximum atomic E-state index is 13.3. The summed E-state index contributed by atoms with van der Waals surface area (Å²) >= 11 is 0. The molecule has 1 amide bonds. The van der Waals surface area contributed by atoms with Crippen molar-refractivity contribution in [3.8, 4) is 11.3 Å². The second-order valence-corrected chi connectivity index (χ2v) is 7.63. The normalized spacial score (nSPS) is 12.3. The maximum Gasteiger partial charge on any atom is 0.252 e. The number of fused-ring (bicyclic) bond motifs is 1. The number of benzene rings is 1. The van der Waals surface area contributed by atoms with Crippen LogP contribution in [0.1, 0.15) is 47.2 Å². The van der Waals surface area contributed by atoms with E-state index in [-0.39, 0.29) is 11.9 Å². The molecule has 1 atom stereocenters. The van der Waals surface area contributed by atoms with Crippen molar-refractivity contribution in [2.75, 3.05) is 0 Å². The molecule has 0 aliphatic heterocycles. The van der Waals surface area contributed by atoms with Gasteiger partial charge in [-0.1, -0.05) is 29.8 Å². The van der Waals surface area contributed by atoms with Crippen molar-refractivity contribution in [2.45, 2.75) is 40.3 Å². The molecule has 0 unspecified atom stereocenters. The van der Waals surface area contributed by atoms with Gasteiger partial charge in [0.1, 0.15) is 0 Å². The lowest BCUT2D eigenvalue weighted by atomic mass is 10.0. The maximum absolute atomic E-state index is 13.3. The third-order valence-electron chi connectivity index (χ3n) is 5.29. The van der Waals surface area contributed by atoms with Crippen LogP contribution in [0.2, 0.25) is 0 Å². The molecule has 3 aromatic heterocycles. The van der Waals surface area contributed by atoms with E-state index in [1.54, 1.807) is 4.68 Å². The first kappa shape index (κ1) is 19.8. The van der Waals surface area contributed by atoms with Gasteiger partial charge in [-0.05, 0) is 39.8 Å². The summed E-state index contributed by atoms with van der Waals surface area (Å²) in [6.07, 6.45) is 1.87. The Labute approximate surface area is 175 Å². The molecule has 0 radical (unpaired) electrons. The van der Waals surface area contributed by atoms with Gasteiger partial charge >= 0.3 is 0 Å². The highest BCUT2D eigenvalue weighted by Crippen LogP contribution is 2.28. The van der Waals surface area contributed by atoms with Crippen LogP contribution in [-0.4, -0.2) is 30.5 Å². The molecule has 7 nitrogen and oxygen atoms in total. The highest BCUT2D eigenvalue weighted by molar-refractivity contribution is 6.07. The van der Waals surface area contributed by atoms with E-state index in [1.807, 2.05) is 82.0 Å². The van der Waals surface area contributed by atoms with E-state index in [0.717, 1.165) is 33.7 Å². The number of nitrogens with one attached hydrogen (secondary N) is 1. The molecule has 0 saturated heterocycles. The summed E-state index contributed by atoms with van der Waals surface area (Å²) in [4.78, 5) is 18.2. The smallest absolute Gasteiger partial charge is 0.252 e. The second kappa shape index (κ2) is 7.74. The van der Waals surface area contributed by atoms with Gasteiger partial charge in [0.15, 0.2) is 5.65 Å². The molecule has 1 aromatic carbocycles. The summed E-state index contributed by atoms with van der Waals surface area (Å²) < 4.78 is 3.58. The average Bonchev–Trinajstić information content (AvgIpc) is 3.31. The number of aryl methyl sites for hydroxylation is 4. The topological polar surface area (TPSA) is 77.6 Å². The van der Waals surface area contributed by atoms with Gasteiger partial charge in [0.05, 0.1) is 34.1 Å². The molecule has 154 valence electrons. The van der Waals surface area contributed by atoms with Crippen LogP contribution in [0, 0.1) is 13.8 Å². The zero-order valence-electron chi connectivity index (χ0n) is 18.0. The molecule has 0 bridgehead atoms. The Hall–Kier alpha value is -3.48. The fourth-order valence-electron chi connectivity index (χ4n) is 3.64. The predicted octanol–water partition coefficient (Wildman–Crippen LogP) is 3.96. The lowest BCUT2D eigenvalue weighted by Gasteiger charge is -2.14. The molecule has 0 spiro atoms. The van der Waals surface area contributed by atoms with Gasteiger partial charge in [-0.2, -0.15) is 10.2 Å². The molecule has 0 aliphatic carbocycles. The Balaban J connectivity index is 1.81. The summed E-state index contributed by atoms with van der Waals surface area (Å²) in [7, 11) is 1.86. The van der Waals surface area contributed by atoms with Crippen molar-refractivity contribution in [3.05, 3.63) is 65.1 Å². The number of rotatable bonds is 5. The van der Waals surface area contributed by atoms with Crippen LogP contribution in [0.4, 0.5) is 0 Å². The molecule has 3 heterocycles.